The van der Waals surface area contributed by atoms with E-state index in [0.29, 0.717) is 19.8 Å². The van der Waals surface area contributed by atoms with Crippen LogP contribution < -0.4 is 4.90 Å². The van der Waals surface area contributed by atoms with Gasteiger partial charge in [0.1, 0.15) is 0 Å². The summed E-state index contributed by atoms with van der Waals surface area (Å²) >= 11 is 1.68. The number of thiazole rings is 1. The van der Waals surface area contributed by atoms with Crippen LogP contribution in [0.3, 0.4) is 0 Å². The normalized spacial score (nSPS) is 24.8. The van der Waals surface area contributed by atoms with Gasteiger partial charge in [-0.25, -0.2) is 4.98 Å². The summed E-state index contributed by atoms with van der Waals surface area (Å²) in [6.07, 6.45) is 3.86. The van der Waals surface area contributed by atoms with Gasteiger partial charge in [-0.2, -0.15) is 0 Å². The number of rotatable bonds is 7. The number of ether oxygens (including phenoxy) is 2. The highest BCUT2D eigenvalue weighted by atomic mass is 32.1. The molecule has 1 aromatic heterocycles. The minimum absolute atomic E-state index is 0.231. The number of anilines is 1. The fraction of sp³-hybridized carbons (Fsp3) is 0.800. The first-order valence-corrected chi connectivity index (χ1v) is 8.93. The second-order valence-electron chi connectivity index (χ2n) is 5.93. The summed E-state index contributed by atoms with van der Waals surface area (Å²) < 4.78 is 11.1. The molecule has 7 heteroatoms. The quantitative estimate of drug-likeness (QED) is 0.800. The highest BCUT2D eigenvalue weighted by molar-refractivity contribution is 7.13. The van der Waals surface area contributed by atoms with E-state index in [4.69, 9.17) is 9.47 Å². The van der Waals surface area contributed by atoms with Gasteiger partial charge >= 0.3 is 0 Å². The van der Waals surface area contributed by atoms with Crippen LogP contribution in [0.4, 0.5) is 5.13 Å². The van der Waals surface area contributed by atoms with Gasteiger partial charge in [-0.1, -0.05) is 0 Å². The minimum Gasteiger partial charge on any atom is -0.389 e. The molecule has 2 unspecified atom stereocenters. The molecule has 124 valence electrons. The van der Waals surface area contributed by atoms with E-state index >= 15 is 0 Å². The molecule has 0 spiro atoms. The van der Waals surface area contributed by atoms with Crippen molar-refractivity contribution < 1.29 is 14.6 Å². The first-order chi connectivity index (χ1) is 10.8. The van der Waals surface area contributed by atoms with Gasteiger partial charge in [-0.3, -0.25) is 4.90 Å². The molecule has 2 atom stereocenters. The molecule has 3 heterocycles. The number of aliphatic hydroxyl groups is 1. The molecule has 22 heavy (non-hydrogen) atoms. The van der Waals surface area contributed by atoms with Crippen LogP contribution in [0.5, 0.6) is 0 Å². The molecule has 6 nitrogen and oxygen atoms in total. The van der Waals surface area contributed by atoms with Crippen molar-refractivity contribution in [1.82, 2.24) is 9.88 Å². The van der Waals surface area contributed by atoms with E-state index in [2.05, 4.69) is 14.8 Å². The monoisotopic (exact) mass is 327 g/mol. The van der Waals surface area contributed by atoms with Gasteiger partial charge in [-0.15, -0.1) is 11.3 Å². The number of hydrogen-bond acceptors (Lipinski definition) is 7. The van der Waals surface area contributed by atoms with Crippen molar-refractivity contribution in [2.75, 3.05) is 57.4 Å². The molecular weight excluding hydrogens is 302 g/mol. The third-order valence-corrected chi connectivity index (χ3v) is 5.00. The topological polar surface area (TPSA) is 58.1 Å². The maximum Gasteiger partial charge on any atom is 0.185 e. The van der Waals surface area contributed by atoms with Crippen LogP contribution >= 0.6 is 11.3 Å². The van der Waals surface area contributed by atoms with Gasteiger partial charge in [0, 0.05) is 50.9 Å². The number of β-amino-alcohol motifs (C(OH)–C–C–N with tert-alkyl or cyclic N) is 1. The van der Waals surface area contributed by atoms with E-state index in [9.17, 15) is 5.11 Å². The van der Waals surface area contributed by atoms with Crippen molar-refractivity contribution in [3.63, 3.8) is 0 Å². The van der Waals surface area contributed by atoms with E-state index in [1.807, 2.05) is 11.6 Å². The molecule has 2 fully saturated rings. The average molecular weight is 327 g/mol. The maximum atomic E-state index is 10.1. The summed E-state index contributed by atoms with van der Waals surface area (Å²) in [5.74, 6) is 0. The zero-order chi connectivity index (χ0) is 15.2. The summed E-state index contributed by atoms with van der Waals surface area (Å²) in [6, 6.07) is 0. The van der Waals surface area contributed by atoms with Crippen molar-refractivity contribution in [1.29, 1.82) is 0 Å². The second kappa shape index (κ2) is 8.21. The molecule has 0 bridgehead atoms. The Balaban J connectivity index is 1.30. The van der Waals surface area contributed by atoms with Crippen molar-refractivity contribution in [3.8, 4) is 0 Å². The fourth-order valence-electron chi connectivity index (χ4n) is 2.96. The number of nitrogens with zero attached hydrogens (tertiary/aromatic N) is 3. The van der Waals surface area contributed by atoms with Crippen LogP contribution in [0.15, 0.2) is 11.6 Å². The maximum absolute atomic E-state index is 10.1. The number of aromatic nitrogens is 1. The Morgan fingerprint density at radius 1 is 1.41 bits per heavy atom. The highest BCUT2D eigenvalue weighted by Crippen LogP contribution is 2.19. The van der Waals surface area contributed by atoms with Crippen LogP contribution in [0.1, 0.15) is 12.8 Å². The SMILES string of the molecule is OC(COCC1CCCO1)CN1CCN(c2nccs2)CC1. The van der Waals surface area contributed by atoms with Gasteiger partial charge in [0.2, 0.25) is 0 Å². The lowest BCUT2D eigenvalue weighted by molar-refractivity contribution is -0.0254. The first-order valence-electron chi connectivity index (χ1n) is 8.05. The Labute approximate surface area is 135 Å². The molecule has 0 radical (unpaired) electrons. The predicted molar refractivity (Wildman–Crippen MR) is 86.6 cm³/mol. The van der Waals surface area contributed by atoms with Crippen molar-refractivity contribution >= 4 is 16.5 Å². The molecule has 0 aliphatic carbocycles. The molecule has 2 aliphatic heterocycles. The smallest absolute Gasteiger partial charge is 0.185 e. The van der Waals surface area contributed by atoms with Crippen molar-refractivity contribution in [3.05, 3.63) is 11.6 Å². The summed E-state index contributed by atoms with van der Waals surface area (Å²) in [6.45, 7) is 6.39. The third kappa shape index (κ3) is 4.63. The molecular formula is C15H25N3O3S. The van der Waals surface area contributed by atoms with Crippen LogP contribution in [-0.4, -0.2) is 79.7 Å². The van der Waals surface area contributed by atoms with Gasteiger partial charge in [0.15, 0.2) is 5.13 Å². The Morgan fingerprint density at radius 3 is 2.95 bits per heavy atom. The first kappa shape index (κ1) is 16.1. The molecule has 2 aliphatic rings. The van der Waals surface area contributed by atoms with Crippen LogP contribution in [-0.2, 0) is 9.47 Å². The summed E-state index contributed by atoms with van der Waals surface area (Å²) in [5.41, 5.74) is 0. The number of piperazine rings is 1. The molecule has 1 aromatic rings. The van der Waals surface area contributed by atoms with Crippen molar-refractivity contribution in [2.24, 2.45) is 0 Å². The van der Waals surface area contributed by atoms with E-state index in [0.717, 1.165) is 50.8 Å². The van der Waals surface area contributed by atoms with Crippen LogP contribution in [0.25, 0.3) is 0 Å². The van der Waals surface area contributed by atoms with Gasteiger partial charge < -0.3 is 19.5 Å². The molecule has 0 saturated carbocycles. The summed E-state index contributed by atoms with van der Waals surface area (Å²) in [4.78, 5) is 8.95. The minimum atomic E-state index is -0.423. The van der Waals surface area contributed by atoms with E-state index in [1.165, 1.54) is 0 Å². The fourth-order valence-corrected chi connectivity index (χ4v) is 3.65. The van der Waals surface area contributed by atoms with E-state index < -0.39 is 6.10 Å². The predicted octanol–water partition coefficient (Wildman–Crippen LogP) is 0.822. The summed E-state index contributed by atoms with van der Waals surface area (Å²) in [5, 5.41) is 13.2. The Bertz CT molecular complexity index is 418. The van der Waals surface area contributed by atoms with Gasteiger partial charge in [-0.05, 0) is 12.8 Å². The lowest BCUT2D eigenvalue weighted by atomic mass is 10.2. The van der Waals surface area contributed by atoms with E-state index in [-0.39, 0.29) is 6.10 Å². The Kier molecular flexibility index (Phi) is 6.03. The average Bonchev–Trinajstić information content (AvgIpc) is 3.21. The zero-order valence-electron chi connectivity index (χ0n) is 12.9. The largest absolute Gasteiger partial charge is 0.389 e. The van der Waals surface area contributed by atoms with Gasteiger partial charge in [0.25, 0.3) is 0 Å². The zero-order valence-corrected chi connectivity index (χ0v) is 13.7. The summed E-state index contributed by atoms with van der Waals surface area (Å²) in [7, 11) is 0. The van der Waals surface area contributed by atoms with Crippen LogP contribution in [0, 0.1) is 0 Å². The molecule has 0 amide bonds. The lowest BCUT2D eigenvalue weighted by Gasteiger charge is -2.35. The second-order valence-corrected chi connectivity index (χ2v) is 6.80. The molecule has 1 N–H and O–H groups in total. The Morgan fingerprint density at radius 2 is 2.27 bits per heavy atom. The standard InChI is InChI=1S/C15H25N3O3S/c19-13(11-20-12-14-2-1-8-21-14)10-17-4-6-18(7-5-17)15-16-3-9-22-15/h3,9,13-14,19H,1-2,4-8,10-12H2. The van der Waals surface area contributed by atoms with Crippen molar-refractivity contribution in [2.45, 2.75) is 25.0 Å². The number of hydrogen-bond donors (Lipinski definition) is 1. The lowest BCUT2D eigenvalue weighted by Crippen LogP contribution is -2.49. The Hall–Kier alpha value is -0.730. The van der Waals surface area contributed by atoms with Crippen LogP contribution in [0.2, 0.25) is 0 Å². The molecule has 0 aromatic carbocycles. The molecule has 2 saturated heterocycles. The van der Waals surface area contributed by atoms with E-state index in [1.54, 1.807) is 11.3 Å². The van der Waals surface area contributed by atoms with Gasteiger partial charge in [0.05, 0.1) is 25.4 Å². The molecule has 3 rings (SSSR count). The highest BCUT2D eigenvalue weighted by Gasteiger charge is 2.21. The number of aliphatic hydroxyl groups excluding tert-OH is 1. The third-order valence-electron chi connectivity index (χ3n) is 4.17.